The summed E-state index contributed by atoms with van der Waals surface area (Å²) in [6.45, 7) is 2.30. The fourth-order valence-electron chi connectivity index (χ4n) is 1.78. The van der Waals surface area contributed by atoms with Crippen molar-refractivity contribution in [1.82, 2.24) is 4.90 Å². The molecule has 80 valence electrons. The molecule has 0 aliphatic carbocycles. The van der Waals surface area contributed by atoms with Gasteiger partial charge in [0.1, 0.15) is 0 Å². The predicted molar refractivity (Wildman–Crippen MR) is 48.9 cm³/mol. The van der Waals surface area contributed by atoms with Crippen LogP contribution in [-0.4, -0.2) is 41.8 Å². The van der Waals surface area contributed by atoms with Gasteiger partial charge in [0, 0.05) is 12.6 Å². The molecular formula is C9H15NO4. The summed E-state index contributed by atoms with van der Waals surface area (Å²) in [6.07, 6.45) is 0.639. The van der Waals surface area contributed by atoms with Gasteiger partial charge < -0.3 is 14.7 Å². The molecule has 0 radical (unpaired) electrons. The number of aliphatic carboxylic acids is 1. The fourth-order valence-corrected chi connectivity index (χ4v) is 1.78. The van der Waals surface area contributed by atoms with Crippen LogP contribution < -0.4 is 0 Å². The van der Waals surface area contributed by atoms with Crippen molar-refractivity contribution in [3.05, 3.63) is 0 Å². The molecule has 0 bridgehead atoms. The van der Waals surface area contributed by atoms with E-state index in [1.165, 1.54) is 7.11 Å². The first-order valence-electron chi connectivity index (χ1n) is 4.63. The second-order valence-corrected chi connectivity index (χ2v) is 3.57. The van der Waals surface area contributed by atoms with Crippen molar-refractivity contribution in [1.29, 1.82) is 0 Å². The maximum atomic E-state index is 11.2. The summed E-state index contributed by atoms with van der Waals surface area (Å²) >= 11 is 0. The van der Waals surface area contributed by atoms with E-state index in [1.807, 2.05) is 6.92 Å². The second kappa shape index (κ2) is 4.30. The minimum atomic E-state index is -0.777. The first-order chi connectivity index (χ1) is 6.56. The second-order valence-electron chi connectivity index (χ2n) is 3.57. The van der Waals surface area contributed by atoms with Crippen LogP contribution in [0.15, 0.2) is 0 Å². The third kappa shape index (κ3) is 2.16. The first-order valence-corrected chi connectivity index (χ1v) is 4.63. The monoisotopic (exact) mass is 201 g/mol. The van der Waals surface area contributed by atoms with Crippen molar-refractivity contribution < 1.29 is 19.4 Å². The molecule has 1 saturated heterocycles. The molecule has 1 N–H and O–H groups in total. The van der Waals surface area contributed by atoms with Crippen LogP contribution in [0.4, 0.5) is 4.79 Å². The van der Waals surface area contributed by atoms with Crippen LogP contribution in [0.2, 0.25) is 0 Å². The number of nitrogens with zero attached hydrogens (tertiary/aromatic N) is 1. The number of piperidine rings is 1. The van der Waals surface area contributed by atoms with E-state index in [0.29, 0.717) is 19.4 Å². The number of carbonyl (C=O) groups is 2. The lowest BCUT2D eigenvalue weighted by Crippen LogP contribution is -2.45. The van der Waals surface area contributed by atoms with Crippen molar-refractivity contribution >= 4 is 12.1 Å². The summed E-state index contributed by atoms with van der Waals surface area (Å²) in [4.78, 5) is 23.5. The highest BCUT2D eigenvalue weighted by molar-refractivity contribution is 5.72. The SMILES string of the molecule is COC(=O)N1CCC(C(=O)O)CC1C. The Morgan fingerprint density at radius 1 is 1.50 bits per heavy atom. The van der Waals surface area contributed by atoms with Crippen LogP contribution in [0.1, 0.15) is 19.8 Å². The molecule has 0 spiro atoms. The average Bonchev–Trinajstić information content (AvgIpc) is 2.16. The molecule has 1 heterocycles. The van der Waals surface area contributed by atoms with E-state index >= 15 is 0 Å². The Labute approximate surface area is 82.6 Å². The minimum Gasteiger partial charge on any atom is -0.481 e. The van der Waals surface area contributed by atoms with Crippen molar-refractivity contribution in [3.8, 4) is 0 Å². The molecule has 0 aromatic heterocycles. The van der Waals surface area contributed by atoms with Gasteiger partial charge in [-0.1, -0.05) is 0 Å². The van der Waals surface area contributed by atoms with Crippen LogP contribution in [0.25, 0.3) is 0 Å². The fraction of sp³-hybridized carbons (Fsp3) is 0.778. The number of rotatable bonds is 1. The molecule has 2 unspecified atom stereocenters. The number of hydrogen-bond donors (Lipinski definition) is 1. The number of likely N-dealkylation sites (tertiary alicyclic amines) is 1. The molecule has 0 saturated carbocycles. The van der Waals surface area contributed by atoms with Gasteiger partial charge in [-0.3, -0.25) is 4.79 Å². The predicted octanol–water partition coefficient (Wildman–Crippen LogP) is 0.938. The lowest BCUT2D eigenvalue weighted by atomic mass is 9.92. The van der Waals surface area contributed by atoms with E-state index in [1.54, 1.807) is 4.90 Å². The van der Waals surface area contributed by atoms with E-state index in [-0.39, 0.29) is 18.1 Å². The maximum absolute atomic E-state index is 11.2. The smallest absolute Gasteiger partial charge is 0.409 e. The Bertz CT molecular complexity index is 241. The summed E-state index contributed by atoms with van der Waals surface area (Å²) in [5.41, 5.74) is 0. The summed E-state index contributed by atoms with van der Waals surface area (Å²) in [5.74, 6) is -1.10. The lowest BCUT2D eigenvalue weighted by Gasteiger charge is -2.34. The first kappa shape index (κ1) is 10.8. The Hall–Kier alpha value is -1.26. The quantitative estimate of drug-likeness (QED) is 0.685. The zero-order chi connectivity index (χ0) is 10.7. The molecule has 1 aliphatic heterocycles. The number of amides is 1. The van der Waals surface area contributed by atoms with Gasteiger partial charge in [-0.15, -0.1) is 0 Å². The molecule has 1 rings (SSSR count). The van der Waals surface area contributed by atoms with E-state index in [0.717, 1.165) is 0 Å². The van der Waals surface area contributed by atoms with Crippen LogP contribution in [-0.2, 0) is 9.53 Å². The van der Waals surface area contributed by atoms with Crippen LogP contribution >= 0.6 is 0 Å². The van der Waals surface area contributed by atoms with Crippen LogP contribution in [0.5, 0.6) is 0 Å². The third-order valence-electron chi connectivity index (χ3n) is 2.63. The molecule has 1 amide bonds. The molecule has 0 aromatic carbocycles. The van der Waals surface area contributed by atoms with Gasteiger partial charge in [0.25, 0.3) is 0 Å². The highest BCUT2D eigenvalue weighted by atomic mass is 16.5. The summed E-state index contributed by atoms with van der Waals surface area (Å²) < 4.78 is 4.60. The van der Waals surface area contributed by atoms with Gasteiger partial charge in [-0.2, -0.15) is 0 Å². The summed E-state index contributed by atoms with van der Waals surface area (Å²) in [7, 11) is 1.33. The van der Waals surface area contributed by atoms with Gasteiger partial charge >= 0.3 is 12.1 Å². The Morgan fingerprint density at radius 2 is 2.14 bits per heavy atom. The number of hydrogen-bond acceptors (Lipinski definition) is 3. The van der Waals surface area contributed by atoms with Gasteiger partial charge in [-0.05, 0) is 19.8 Å². The van der Waals surface area contributed by atoms with Crippen molar-refractivity contribution in [2.24, 2.45) is 5.92 Å². The molecule has 5 nitrogen and oxygen atoms in total. The van der Waals surface area contributed by atoms with Gasteiger partial charge in [0.15, 0.2) is 0 Å². The van der Waals surface area contributed by atoms with E-state index in [2.05, 4.69) is 4.74 Å². The normalized spacial score (nSPS) is 27.1. The standard InChI is InChI=1S/C9H15NO4/c1-6-5-7(8(11)12)3-4-10(6)9(13)14-2/h6-7H,3-5H2,1-2H3,(H,11,12). The van der Waals surface area contributed by atoms with Crippen molar-refractivity contribution in [2.75, 3.05) is 13.7 Å². The number of methoxy groups -OCH3 is 1. The minimum absolute atomic E-state index is 0.0581. The van der Waals surface area contributed by atoms with Gasteiger partial charge in [-0.25, -0.2) is 4.79 Å². The number of carbonyl (C=O) groups excluding carboxylic acids is 1. The van der Waals surface area contributed by atoms with Crippen LogP contribution in [0.3, 0.4) is 0 Å². The highest BCUT2D eigenvalue weighted by Crippen LogP contribution is 2.23. The molecule has 0 aromatic rings. The zero-order valence-corrected chi connectivity index (χ0v) is 8.40. The molecular weight excluding hydrogens is 186 g/mol. The maximum Gasteiger partial charge on any atom is 0.409 e. The third-order valence-corrected chi connectivity index (χ3v) is 2.63. The summed E-state index contributed by atoms with van der Waals surface area (Å²) in [5, 5.41) is 8.80. The van der Waals surface area contributed by atoms with Crippen molar-refractivity contribution in [2.45, 2.75) is 25.8 Å². The molecule has 1 fully saturated rings. The highest BCUT2D eigenvalue weighted by Gasteiger charge is 2.32. The molecule has 14 heavy (non-hydrogen) atoms. The molecule has 1 aliphatic rings. The van der Waals surface area contributed by atoms with E-state index in [4.69, 9.17) is 5.11 Å². The Morgan fingerprint density at radius 3 is 2.57 bits per heavy atom. The van der Waals surface area contributed by atoms with Gasteiger partial charge in [0.2, 0.25) is 0 Å². The largest absolute Gasteiger partial charge is 0.481 e. The molecule has 2 atom stereocenters. The van der Waals surface area contributed by atoms with E-state index < -0.39 is 5.97 Å². The average molecular weight is 201 g/mol. The number of carboxylic acids is 1. The Balaban J connectivity index is 2.56. The van der Waals surface area contributed by atoms with Crippen molar-refractivity contribution in [3.63, 3.8) is 0 Å². The van der Waals surface area contributed by atoms with Crippen LogP contribution in [0, 0.1) is 5.92 Å². The number of ether oxygens (including phenoxy) is 1. The lowest BCUT2D eigenvalue weighted by molar-refractivity contribution is -0.143. The Kier molecular flexibility index (Phi) is 3.33. The van der Waals surface area contributed by atoms with E-state index in [9.17, 15) is 9.59 Å². The number of carboxylic acid groups (broad SMARTS) is 1. The topological polar surface area (TPSA) is 66.8 Å². The van der Waals surface area contributed by atoms with Gasteiger partial charge in [0.05, 0.1) is 13.0 Å². The zero-order valence-electron chi connectivity index (χ0n) is 8.40. The summed E-state index contributed by atoms with van der Waals surface area (Å²) in [6, 6.07) is -0.0581. The molecule has 5 heteroatoms.